The highest BCUT2D eigenvalue weighted by Crippen LogP contribution is 2.03. The van der Waals surface area contributed by atoms with Gasteiger partial charge in [0, 0.05) is 13.1 Å². The Labute approximate surface area is 62.9 Å². The minimum Gasteiger partial charge on any atom is -0.305 e. The fourth-order valence-corrected chi connectivity index (χ4v) is 1.24. The molecule has 6 nitrogen and oxygen atoms in total. The zero-order valence-corrected chi connectivity index (χ0v) is 5.76. The number of carbonyl (C=O) groups is 2. The molecule has 0 aromatic carbocycles. The Bertz CT molecular complexity index is 217. The molecule has 4 amide bonds. The second-order valence-corrected chi connectivity index (χ2v) is 2.45. The molecule has 0 radical (unpaired) electrons. The molecule has 3 N–H and O–H groups in total. The standard InChI is InChI=1S/C5H8N4O2/c10-4-7-3-6-1-2-9(3)5(11)8-4/h3,6H,1-2H2,(H2,7,8,10,11). The Kier molecular flexibility index (Phi) is 1.22. The van der Waals surface area contributed by atoms with Gasteiger partial charge in [0.2, 0.25) is 0 Å². The summed E-state index contributed by atoms with van der Waals surface area (Å²) in [5.41, 5.74) is 0. The molecular weight excluding hydrogens is 148 g/mol. The number of hydrogen-bond donors (Lipinski definition) is 3. The molecule has 0 aromatic rings. The summed E-state index contributed by atoms with van der Waals surface area (Å²) < 4.78 is 0. The van der Waals surface area contributed by atoms with E-state index in [2.05, 4.69) is 16.0 Å². The summed E-state index contributed by atoms with van der Waals surface area (Å²) in [5, 5.41) is 7.65. The Morgan fingerprint density at radius 3 is 3.09 bits per heavy atom. The molecule has 0 saturated carbocycles. The molecule has 2 saturated heterocycles. The SMILES string of the molecule is O=C1NC(=O)N2CCNC2N1. The van der Waals surface area contributed by atoms with E-state index in [0.717, 1.165) is 6.54 Å². The van der Waals surface area contributed by atoms with Crippen LogP contribution in [0.2, 0.25) is 0 Å². The molecule has 0 aliphatic carbocycles. The predicted octanol–water partition coefficient (Wildman–Crippen LogP) is -1.39. The van der Waals surface area contributed by atoms with Crippen LogP contribution in [-0.4, -0.2) is 36.3 Å². The summed E-state index contributed by atoms with van der Waals surface area (Å²) in [6, 6.07) is -0.769. The molecule has 2 aliphatic heterocycles. The van der Waals surface area contributed by atoms with Crippen LogP contribution in [0.3, 0.4) is 0 Å². The highest BCUT2D eigenvalue weighted by molar-refractivity contribution is 5.96. The van der Waals surface area contributed by atoms with Crippen molar-refractivity contribution in [1.29, 1.82) is 0 Å². The molecule has 1 atom stereocenters. The fraction of sp³-hybridized carbons (Fsp3) is 0.600. The van der Waals surface area contributed by atoms with Gasteiger partial charge in [0.1, 0.15) is 0 Å². The molecule has 2 heterocycles. The van der Waals surface area contributed by atoms with Crippen molar-refractivity contribution >= 4 is 12.1 Å². The number of amides is 4. The smallest absolute Gasteiger partial charge is 0.305 e. The normalized spacial score (nSPS) is 29.5. The lowest BCUT2D eigenvalue weighted by Gasteiger charge is -2.29. The van der Waals surface area contributed by atoms with Crippen molar-refractivity contribution < 1.29 is 9.59 Å². The van der Waals surface area contributed by atoms with E-state index in [4.69, 9.17) is 0 Å². The van der Waals surface area contributed by atoms with E-state index in [1.165, 1.54) is 4.90 Å². The highest BCUT2D eigenvalue weighted by Gasteiger charge is 2.34. The third-order valence-electron chi connectivity index (χ3n) is 1.75. The molecule has 11 heavy (non-hydrogen) atoms. The number of carbonyl (C=O) groups excluding carboxylic acids is 2. The zero-order valence-electron chi connectivity index (χ0n) is 5.76. The minimum atomic E-state index is -0.439. The highest BCUT2D eigenvalue weighted by atomic mass is 16.2. The number of fused-ring (bicyclic) bond motifs is 1. The first-order valence-electron chi connectivity index (χ1n) is 3.39. The first-order chi connectivity index (χ1) is 5.27. The quantitative estimate of drug-likeness (QED) is 0.404. The predicted molar refractivity (Wildman–Crippen MR) is 35.6 cm³/mol. The van der Waals surface area contributed by atoms with Crippen molar-refractivity contribution in [1.82, 2.24) is 20.9 Å². The van der Waals surface area contributed by atoms with Gasteiger partial charge in [-0.2, -0.15) is 0 Å². The Balaban J connectivity index is 2.16. The third-order valence-corrected chi connectivity index (χ3v) is 1.75. The van der Waals surface area contributed by atoms with E-state index in [9.17, 15) is 9.59 Å². The van der Waals surface area contributed by atoms with Crippen LogP contribution in [0.15, 0.2) is 0 Å². The van der Waals surface area contributed by atoms with Crippen molar-refractivity contribution in [2.75, 3.05) is 13.1 Å². The molecule has 0 spiro atoms. The van der Waals surface area contributed by atoms with Gasteiger partial charge in [-0.3, -0.25) is 15.5 Å². The van der Waals surface area contributed by atoms with Gasteiger partial charge in [-0.05, 0) is 0 Å². The Morgan fingerprint density at radius 1 is 1.45 bits per heavy atom. The van der Waals surface area contributed by atoms with Gasteiger partial charge < -0.3 is 5.32 Å². The van der Waals surface area contributed by atoms with Crippen LogP contribution in [0.4, 0.5) is 9.59 Å². The number of nitrogens with zero attached hydrogens (tertiary/aromatic N) is 1. The van der Waals surface area contributed by atoms with Gasteiger partial charge in [-0.15, -0.1) is 0 Å². The number of urea groups is 2. The van der Waals surface area contributed by atoms with Crippen molar-refractivity contribution in [3.63, 3.8) is 0 Å². The number of imide groups is 1. The molecule has 0 aromatic heterocycles. The average Bonchev–Trinajstić information content (AvgIpc) is 2.34. The summed E-state index contributed by atoms with van der Waals surface area (Å²) >= 11 is 0. The van der Waals surface area contributed by atoms with E-state index < -0.39 is 6.03 Å². The fourth-order valence-electron chi connectivity index (χ4n) is 1.24. The molecule has 60 valence electrons. The second kappa shape index (κ2) is 2.09. The van der Waals surface area contributed by atoms with Gasteiger partial charge in [0.15, 0.2) is 6.29 Å². The maximum Gasteiger partial charge on any atom is 0.328 e. The Hall–Kier alpha value is -1.30. The Morgan fingerprint density at radius 2 is 2.27 bits per heavy atom. The van der Waals surface area contributed by atoms with Crippen LogP contribution in [0.5, 0.6) is 0 Å². The zero-order chi connectivity index (χ0) is 7.84. The summed E-state index contributed by atoms with van der Waals surface area (Å²) in [5.74, 6) is 0. The summed E-state index contributed by atoms with van der Waals surface area (Å²) in [6.45, 7) is 1.36. The van der Waals surface area contributed by atoms with Crippen molar-refractivity contribution in [2.45, 2.75) is 6.29 Å². The summed E-state index contributed by atoms with van der Waals surface area (Å²) in [7, 11) is 0. The lowest BCUT2D eigenvalue weighted by Crippen LogP contribution is -2.63. The van der Waals surface area contributed by atoms with E-state index in [1.807, 2.05) is 0 Å². The van der Waals surface area contributed by atoms with Crippen LogP contribution in [0, 0.1) is 0 Å². The van der Waals surface area contributed by atoms with Crippen LogP contribution < -0.4 is 16.0 Å². The molecule has 2 aliphatic rings. The second-order valence-electron chi connectivity index (χ2n) is 2.45. The lowest BCUT2D eigenvalue weighted by molar-refractivity contribution is 0.160. The largest absolute Gasteiger partial charge is 0.328 e. The van der Waals surface area contributed by atoms with Crippen LogP contribution in [-0.2, 0) is 0 Å². The topological polar surface area (TPSA) is 73.5 Å². The first kappa shape index (κ1) is 6.41. The van der Waals surface area contributed by atoms with Crippen LogP contribution >= 0.6 is 0 Å². The van der Waals surface area contributed by atoms with Gasteiger partial charge in [-0.1, -0.05) is 0 Å². The van der Waals surface area contributed by atoms with Crippen LogP contribution in [0.25, 0.3) is 0 Å². The lowest BCUT2D eigenvalue weighted by atomic mass is 10.5. The van der Waals surface area contributed by atoms with Gasteiger partial charge in [0.05, 0.1) is 0 Å². The van der Waals surface area contributed by atoms with E-state index >= 15 is 0 Å². The third kappa shape index (κ3) is 0.911. The molecule has 2 rings (SSSR count). The molecule has 0 bridgehead atoms. The van der Waals surface area contributed by atoms with Crippen molar-refractivity contribution in [3.05, 3.63) is 0 Å². The number of nitrogens with one attached hydrogen (secondary N) is 3. The van der Waals surface area contributed by atoms with E-state index in [1.54, 1.807) is 0 Å². The summed E-state index contributed by atoms with van der Waals surface area (Å²) in [6.07, 6.45) is -0.309. The van der Waals surface area contributed by atoms with Gasteiger partial charge >= 0.3 is 12.1 Å². The summed E-state index contributed by atoms with van der Waals surface area (Å²) in [4.78, 5) is 23.2. The maximum absolute atomic E-state index is 11.0. The molecule has 6 heteroatoms. The van der Waals surface area contributed by atoms with E-state index in [-0.39, 0.29) is 12.3 Å². The first-order valence-corrected chi connectivity index (χ1v) is 3.39. The maximum atomic E-state index is 11.0. The van der Waals surface area contributed by atoms with E-state index in [0.29, 0.717) is 6.54 Å². The van der Waals surface area contributed by atoms with Gasteiger partial charge in [0.25, 0.3) is 0 Å². The minimum absolute atomic E-state index is 0.309. The average molecular weight is 156 g/mol. The molecule has 1 unspecified atom stereocenters. The van der Waals surface area contributed by atoms with Gasteiger partial charge in [-0.25, -0.2) is 9.59 Å². The monoisotopic (exact) mass is 156 g/mol. The number of hydrogen-bond acceptors (Lipinski definition) is 3. The van der Waals surface area contributed by atoms with Crippen LogP contribution in [0.1, 0.15) is 0 Å². The number of rotatable bonds is 0. The van der Waals surface area contributed by atoms with Crippen molar-refractivity contribution in [3.8, 4) is 0 Å². The van der Waals surface area contributed by atoms with Crippen molar-refractivity contribution in [2.24, 2.45) is 0 Å². The molecule has 2 fully saturated rings. The molecular formula is C5H8N4O2.